The van der Waals surface area contributed by atoms with Crippen LogP contribution in [0.2, 0.25) is 0 Å². The lowest BCUT2D eigenvalue weighted by molar-refractivity contribution is 0.0936. The summed E-state index contributed by atoms with van der Waals surface area (Å²) in [5.74, 6) is -4.16. The van der Waals surface area contributed by atoms with Gasteiger partial charge in [-0.15, -0.1) is 0 Å². The molecule has 1 heterocycles. The van der Waals surface area contributed by atoms with Gasteiger partial charge in [-0.2, -0.15) is 0 Å². The Morgan fingerprint density at radius 3 is 2.48 bits per heavy atom. The summed E-state index contributed by atoms with van der Waals surface area (Å²) < 4.78 is 39.4. The number of hydrogen-bond acceptors (Lipinski definition) is 3. The van der Waals surface area contributed by atoms with Crippen LogP contribution in [0.1, 0.15) is 35.3 Å². The van der Waals surface area contributed by atoms with E-state index in [9.17, 15) is 18.0 Å². The number of hydrogen-bond donors (Lipinski definition) is 2. The summed E-state index contributed by atoms with van der Waals surface area (Å²) in [5, 5.41) is 6.06. The Morgan fingerprint density at radius 1 is 1.12 bits per heavy atom. The van der Waals surface area contributed by atoms with Gasteiger partial charge in [-0.05, 0) is 50.5 Å². The average Bonchev–Trinajstić information content (AvgIpc) is 2.99. The third kappa shape index (κ3) is 4.10. The van der Waals surface area contributed by atoms with E-state index >= 15 is 0 Å². The zero-order chi connectivity index (χ0) is 18.0. The van der Waals surface area contributed by atoms with Crippen LogP contribution in [0.5, 0.6) is 0 Å². The van der Waals surface area contributed by atoms with Crippen molar-refractivity contribution in [1.82, 2.24) is 10.3 Å². The monoisotopic (exact) mass is 349 g/mol. The van der Waals surface area contributed by atoms with E-state index in [1.807, 2.05) is 25.1 Å². The van der Waals surface area contributed by atoms with Gasteiger partial charge in [0.1, 0.15) is 5.82 Å². The molecule has 1 aliphatic rings. The van der Waals surface area contributed by atoms with Crippen molar-refractivity contribution in [2.24, 2.45) is 0 Å². The lowest BCUT2D eigenvalue weighted by Crippen LogP contribution is -2.34. The molecule has 1 saturated carbocycles. The molecule has 2 atom stereocenters. The van der Waals surface area contributed by atoms with Gasteiger partial charge in [-0.3, -0.25) is 4.79 Å². The molecule has 0 saturated heterocycles. The first-order valence-corrected chi connectivity index (χ1v) is 8.08. The average molecular weight is 349 g/mol. The van der Waals surface area contributed by atoms with Crippen LogP contribution in [0.15, 0.2) is 30.3 Å². The quantitative estimate of drug-likeness (QED) is 0.830. The maximum Gasteiger partial charge on any atom is 0.251 e. The molecule has 132 valence electrons. The van der Waals surface area contributed by atoms with Gasteiger partial charge in [0.15, 0.2) is 17.5 Å². The molecule has 0 unspecified atom stereocenters. The summed E-state index contributed by atoms with van der Waals surface area (Å²) >= 11 is 0. The second-order valence-electron chi connectivity index (χ2n) is 6.24. The minimum atomic E-state index is -1.58. The second kappa shape index (κ2) is 7.13. The fraction of sp³-hybridized carbons (Fsp3) is 0.333. The maximum atomic E-state index is 13.2. The molecule has 2 aromatic rings. The van der Waals surface area contributed by atoms with Crippen LogP contribution in [0, 0.1) is 24.4 Å². The minimum Gasteiger partial charge on any atom is -0.367 e. The number of aromatic nitrogens is 1. The number of carbonyl (C=O) groups is 1. The Morgan fingerprint density at radius 2 is 1.80 bits per heavy atom. The van der Waals surface area contributed by atoms with E-state index in [0.717, 1.165) is 24.4 Å². The van der Waals surface area contributed by atoms with Crippen LogP contribution < -0.4 is 10.6 Å². The van der Waals surface area contributed by atoms with Gasteiger partial charge < -0.3 is 10.6 Å². The normalized spacial score (nSPS) is 19.7. The van der Waals surface area contributed by atoms with Crippen LogP contribution in [0.4, 0.5) is 19.0 Å². The van der Waals surface area contributed by atoms with Crippen molar-refractivity contribution in [1.29, 1.82) is 0 Å². The summed E-state index contributed by atoms with van der Waals surface area (Å²) in [6, 6.07) is 7.14. The molecule has 0 aliphatic heterocycles. The fourth-order valence-corrected chi connectivity index (χ4v) is 3.03. The van der Waals surface area contributed by atoms with Crippen molar-refractivity contribution >= 4 is 11.7 Å². The first-order valence-electron chi connectivity index (χ1n) is 8.08. The van der Waals surface area contributed by atoms with Gasteiger partial charge in [0.05, 0.1) is 0 Å². The van der Waals surface area contributed by atoms with Gasteiger partial charge >= 0.3 is 0 Å². The van der Waals surface area contributed by atoms with Crippen molar-refractivity contribution in [3.8, 4) is 0 Å². The summed E-state index contributed by atoms with van der Waals surface area (Å²) in [7, 11) is 0. The first kappa shape index (κ1) is 17.3. The zero-order valence-electron chi connectivity index (χ0n) is 13.7. The Hall–Kier alpha value is -2.57. The summed E-state index contributed by atoms with van der Waals surface area (Å²) in [6.07, 6.45) is 2.25. The van der Waals surface area contributed by atoms with Gasteiger partial charge in [-0.1, -0.05) is 6.07 Å². The number of pyridine rings is 1. The van der Waals surface area contributed by atoms with E-state index < -0.39 is 23.4 Å². The Balaban J connectivity index is 1.58. The number of nitrogens with zero attached hydrogens (tertiary/aromatic N) is 1. The van der Waals surface area contributed by atoms with Crippen molar-refractivity contribution in [2.75, 3.05) is 5.32 Å². The van der Waals surface area contributed by atoms with E-state index in [-0.39, 0.29) is 17.6 Å². The molecule has 3 rings (SSSR count). The number of nitrogens with one attached hydrogen (secondary N) is 2. The van der Waals surface area contributed by atoms with E-state index in [4.69, 9.17) is 0 Å². The second-order valence-corrected chi connectivity index (χ2v) is 6.24. The van der Waals surface area contributed by atoms with Crippen molar-refractivity contribution in [2.45, 2.75) is 38.3 Å². The van der Waals surface area contributed by atoms with E-state index in [1.165, 1.54) is 0 Å². The lowest BCUT2D eigenvalue weighted by atomic mass is 10.1. The van der Waals surface area contributed by atoms with Crippen LogP contribution in [-0.4, -0.2) is 23.0 Å². The Labute approximate surface area is 143 Å². The van der Waals surface area contributed by atoms with Crippen LogP contribution in [-0.2, 0) is 0 Å². The van der Waals surface area contributed by atoms with Crippen molar-refractivity contribution in [3.05, 3.63) is 59.0 Å². The maximum absolute atomic E-state index is 13.2. The molecule has 7 heteroatoms. The summed E-state index contributed by atoms with van der Waals surface area (Å²) in [4.78, 5) is 16.5. The SMILES string of the molecule is Cc1cccc(N[C@@H]2CC[C@H](NC(=O)c3cc(F)c(F)c(F)c3)C2)n1. The fourth-order valence-electron chi connectivity index (χ4n) is 3.03. The largest absolute Gasteiger partial charge is 0.367 e. The highest BCUT2D eigenvalue weighted by Crippen LogP contribution is 2.23. The van der Waals surface area contributed by atoms with E-state index in [1.54, 1.807) is 0 Å². The van der Waals surface area contributed by atoms with Crippen LogP contribution in [0.3, 0.4) is 0 Å². The molecule has 1 aromatic carbocycles. The third-order valence-electron chi connectivity index (χ3n) is 4.25. The van der Waals surface area contributed by atoms with Crippen LogP contribution >= 0.6 is 0 Å². The molecule has 1 aliphatic carbocycles. The molecule has 1 aromatic heterocycles. The van der Waals surface area contributed by atoms with E-state index in [0.29, 0.717) is 18.6 Å². The number of aryl methyl sites for hydroxylation is 1. The number of anilines is 1. The third-order valence-corrected chi connectivity index (χ3v) is 4.25. The summed E-state index contributed by atoms with van der Waals surface area (Å²) in [6.45, 7) is 1.91. The highest BCUT2D eigenvalue weighted by molar-refractivity contribution is 5.94. The predicted molar refractivity (Wildman–Crippen MR) is 87.8 cm³/mol. The van der Waals surface area contributed by atoms with Gasteiger partial charge in [0, 0.05) is 23.3 Å². The molecule has 0 radical (unpaired) electrons. The molecule has 2 N–H and O–H groups in total. The molecule has 0 bridgehead atoms. The van der Waals surface area contributed by atoms with E-state index in [2.05, 4.69) is 15.6 Å². The lowest BCUT2D eigenvalue weighted by Gasteiger charge is -2.15. The predicted octanol–water partition coefficient (Wildman–Crippen LogP) is 3.57. The van der Waals surface area contributed by atoms with Gasteiger partial charge in [0.2, 0.25) is 0 Å². The number of carbonyl (C=O) groups excluding carboxylic acids is 1. The molecule has 1 amide bonds. The number of halogens is 3. The van der Waals surface area contributed by atoms with Crippen LogP contribution in [0.25, 0.3) is 0 Å². The standard InChI is InChI=1S/C18H18F3N3O/c1-10-3-2-4-16(22-10)23-12-5-6-13(9-12)24-18(25)11-7-14(19)17(21)15(20)8-11/h2-4,7-8,12-13H,5-6,9H2,1H3,(H,22,23)(H,24,25)/t12-,13+/m1/s1. The van der Waals surface area contributed by atoms with Crippen molar-refractivity contribution in [3.63, 3.8) is 0 Å². The van der Waals surface area contributed by atoms with Gasteiger partial charge in [-0.25, -0.2) is 18.2 Å². The number of amides is 1. The summed E-state index contributed by atoms with van der Waals surface area (Å²) in [5.41, 5.74) is 0.682. The van der Waals surface area contributed by atoms with Crippen molar-refractivity contribution < 1.29 is 18.0 Å². The number of rotatable bonds is 4. The molecule has 25 heavy (non-hydrogen) atoms. The Kier molecular flexibility index (Phi) is 4.92. The molecule has 1 fully saturated rings. The molecule has 0 spiro atoms. The zero-order valence-corrected chi connectivity index (χ0v) is 13.7. The highest BCUT2D eigenvalue weighted by atomic mass is 19.2. The molecular weight excluding hydrogens is 331 g/mol. The smallest absolute Gasteiger partial charge is 0.251 e. The topological polar surface area (TPSA) is 54.0 Å². The number of benzene rings is 1. The first-order chi connectivity index (χ1) is 11.9. The molecular formula is C18H18F3N3O. The Bertz CT molecular complexity index is 774. The van der Waals surface area contributed by atoms with Gasteiger partial charge in [0.25, 0.3) is 5.91 Å². The molecule has 4 nitrogen and oxygen atoms in total. The minimum absolute atomic E-state index is 0.119. The highest BCUT2D eigenvalue weighted by Gasteiger charge is 2.27.